The summed E-state index contributed by atoms with van der Waals surface area (Å²) in [7, 11) is 0. The lowest BCUT2D eigenvalue weighted by molar-refractivity contribution is 0.467. The molecule has 1 unspecified atom stereocenters. The molecule has 3 heteroatoms. The molecule has 0 aromatic carbocycles. The van der Waals surface area contributed by atoms with Gasteiger partial charge in [0.05, 0.1) is 0 Å². The minimum atomic E-state index is 0.634. The maximum Gasteiger partial charge on any atom is 0.108 e. The van der Waals surface area contributed by atoms with E-state index in [-0.39, 0.29) is 0 Å². The largest absolute Gasteiger partial charge is 0.334 e. The highest BCUT2D eigenvalue weighted by atomic mass is 15.1. The molecular formula is C14H27N3. The Morgan fingerprint density at radius 2 is 2.18 bits per heavy atom. The highest BCUT2D eigenvalue weighted by molar-refractivity contribution is 4.91. The van der Waals surface area contributed by atoms with Gasteiger partial charge in [-0.3, -0.25) is 0 Å². The first kappa shape index (κ1) is 14.2. The summed E-state index contributed by atoms with van der Waals surface area (Å²) in [5.41, 5.74) is 0. The van der Waals surface area contributed by atoms with Crippen LogP contribution in [0.4, 0.5) is 0 Å². The monoisotopic (exact) mass is 237 g/mol. The molecule has 0 aliphatic rings. The molecule has 0 aliphatic carbocycles. The smallest absolute Gasteiger partial charge is 0.108 e. The van der Waals surface area contributed by atoms with E-state index in [4.69, 9.17) is 0 Å². The van der Waals surface area contributed by atoms with Crippen LogP contribution in [0, 0.1) is 0 Å². The van der Waals surface area contributed by atoms with E-state index in [1.165, 1.54) is 31.5 Å². The molecule has 1 aromatic heterocycles. The first-order valence-electron chi connectivity index (χ1n) is 7.01. The van der Waals surface area contributed by atoms with Gasteiger partial charge in [-0.1, -0.05) is 33.1 Å². The van der Waals surface area contributed by atoms with Crippen LogP contribution >= 0.6 is 0 Å². The van der Waals surface area contributed by atoms with E-state index in [9.17, 15) is 0 Å². The fourth-order valence-corrected chi connectivity index (χ4v) is 2.09. The topological polar surface area (TPSA) is 29.9 Å². The minimum Gasteiger partial charge on any atom is -0.334 e. The van der Waals surface area contributed by atoms with E-state index in [2.05, 4.69) is 41.8 Å². The summed E-state index contributed by atoms with van der Waals surface area (Å²) in [6.07, 6.45) is 10.3. The molecule has 1 rings (SSSR count). The van der Waals surface area contributed by atoms with Gasteiger partial charge in [0, 0.05) is 37.9 Å². The van der Waals surface area contributed by atoms with Crippen molar-refractivity contribution in [1.29, 1.82) is 0 Å². The van der Waals surface area contributed by atoms with Gasteiger partial charge in [0.25, 0.3) is 0 Å². The highest BCUT2D eigenvalue weighted by Gasteiger charge is 2.02. The Kier molecular flexibility index (Phi) is 6.94. The second-order valence-corrected chi connectivity index (χ2v) is 4.74. The van der Waals surface area contributed by atoms with Crippen molar-refractivity contribution in [2.24, 2.45) is 0 Å². The lowest BCUT2D eigenvalue weighted by Gasteiger charge is -2.14. The number of imidazole rings is 1. The van der Waals surface area contributed by atoms with Gasteiger partial charge in [-0.2, -0.15) is 0 Å². The molecule has 0 fully saturated rings. The van der Waals surface area contributed by atoms with Crippen LogP contribution in [-0.2, 0) is 13.0 Å². The molecule has 1 heterocycles. The number of aryl methyl sites for hydroxylation is 1. The normalized spacial score (nSPS) is 12.9. The number of hydrogen-bond acceptors (Lipinski definition) is 2. The molecule has 1 N–H and O–H groups in total. The summed E-state index contributed by atoms with van der Waals surface area (Å²) in [5.74, 6) is 1.19. The predicted molar refractivity (Wildman–Crippen MR) is 73.2 cm³/mol. The standard InChI is InChI=1S/C14H27N3/c1-4-6-7-8-13(3)15-9-11-17-12-10-16-14(17)5-2/h10,12-13,15H,4-9,11H2,1-3H3. The second-order valence-electron chi connectivity index (χ2n) is 4.74. The first-order valence-corrected chi connectivity index (χ1v) is 7.01. The summed E-state index contributed by atoms with van der Waals surface area (Å²) in [6, 6.07) is 0.634. The Balaban J connectivity index is 2.14. The van der Waals surface area contributed by atoms with Gasteiger partial charge in [0.15, 0.2) is 0 Å². The molecule has 98 valence electrons. The van der Waals surface area contributed by atoms with Gasteiger partial charge in [-0.25, -0.2) is 4.98 Å². The Labute approximate surface area is 106 Å². The molecular weight excluding hydrogens is 210 g/mol. The molecule has 17 heavy (non-hydrogen) atoms. The Bertz CT molecular complexity index is 293. The average Bonchev–Trinajstić information content (AvgIpc) is 2.77. The number of nitrogens with one attached hydrogen (secondary N) is 1. The number of hydrogen-bond donors (Lipinski definition) is 1. The fourth-order valence-electron chi connectivity index (χ4n) is 2.09. The Hall–Kier alpha value is -0.830. The zero-order valence-electron chi connectivity index (χ0n) is 11.6. The maximum absolute atomic E-state index is 4.33. The molecule has 0 saturated heterocycles. The molecule has 0 spiro atoms. The summed E-state index contributed by atoms with van der Waals surface area (Å²) in [4.78, 5) is 4.33. The molecule has 0 bridgehead atoms. The lowest BCUT2D eigenvalue weighted by Crippen LogP contribution is -2.29. The summed E-state index contributed by atoms with van der Waals surface area (Å²) in [6.45, 7) is 8.76. The van der Waals surface area contributed by atoms with Gasteiger partial charge in [0.2, 0.25) is 0 Å². The summed E-state index contributed by atoms with van der Waals surface area (Å²) >= 11 is 0. The van der Waals surface area contributed by atoms with E-state index in [1.54, 1.807) is 0 Å². The summed E-state index contributed by atoms with van der Waals surface area (Å²) in [5, 5.41) is 3.58. The van der Waals surface area contributed by atoms with Crippen LogP contribution in [0.25, 0.3) is 0 Å². The fraction of sp³-hybridized carbons (Fsp3) is 0.786. The SMILES string of the molecule is CCCCCC(C)NCCn1ccnc1CC. The van der Waals surface area contributed by atoms with E-state index < -0.39 is 0 Å². The van der Waals surface area contributed by atoms with Crippen molar-refractivity contribution in [3.63, 3.8) is 0 Å². The van der Waals surface area contributed by atoms with E-state index in [1.807, 2.05) is 6.20 Å². The zero-order valence-corrected chi connectivity index (χ0v) is 11.6. The van der Waals surface area contributed by atoms with Crippen molar-refractivity contribution in [1.82, 2.24) is 14.9 Å². The molecule has 0 saturated carbocycles. The van der Waals surface area contributed by atoms with E-state index in [0.29, 0.717) is 6.04 Å². The van der Waals surface area contributed by atoms with Gasteiger partial charge in [-0.05, 0) is 13.3 Å². The maximum atomic E-state index is 4.33. The molecule has 1 atom stereocenters. The summed E-state index contributed by atoms with van der Waals surface area (Å²) < 4.78 is 2.24. The first-order chi connectivity index (χ1) is 8.27. The number of nitrogens with zero attached hydrogens (tertiary/aromatic N) is 2. The third-order valence-corrected chi connectivity index (χ3v) is 3.20. The van der Waals surface area contributed by atoms with Crippen LogP contribution in [0.5, 0.6) is 0 Å². The number of unbranched alkanes of at least 4 members (excludes halogenated alkanes) is 2. The van der Waals surface area contributed by atoms with Crippen molar-refractivity contribution >= 4 is 0 Å². The van der Waals surface area contributed by atoms with Gasteiger partial charge < -0.3 is 9.88 Å². The lowest BCUT2D eigenvalue weighted by atomic mass is 10.1. The van der Waals surface area contributed by atoms with Crippen molar-refractivity contribution in [3.8, 4) is 0 Å². The van der Waals surface area contributed by atoms with Crippen LogP contribution in [0.3, 0.4) is 0 Å². The van der Waals surface area contributed by atoms with E-state index >= 15 is 0 Å². The van der Waals surface area contributed by atoms with Crippen LogP contribution in [-0.4, -0.2) is 22.1 Å². The molecule has 3 nitrogen and oxygen atoms in total. The third kappa shape index (κ3) is 5.35. The number of aromatic nitrogens is 2. The minimum absolute atomic E-state index is 0.634. The molecule has 0 radical (unpaired) electrons. The molecule has 1 aromatic rings. The Morgan fingerprint density at radius 3 is 2.88 bits per heavy atom. The zero-order chi connectivity index (χ0) is 12.5. The molecule has 0 amide bonds. The average molecular weight is 237 g/mol. The quantitative estimate of drug-likeness (QED) is 0.669. The van der Waals surface area contributed by atoms with Crippen LogP contribution in [0.1, 0.15) is 52.3 Å². The van der Waals surface area contributed by atoms with Crippen molar-refractivity contribution in [3.05, 3.63) is 18.2 Å². The van der Waals surface area contributed by atoms with Gasteiger partial charge in [0.1, 0.15) is 5.82 Å². The van der Waals surface area contributed by atoms with Gasteiger partial charge >= 0.3 is 0 Å². The van der Waals surface area contributed by atoms with E-state index in [0.717, 1.165) is 19.5 Å². The predicted octanol–water partition coefficient (Wildman–Crippen LogP) is 3.00. The van der Waals surface area contributed by atoms with Crippen LogP contribution in [0.15, 0.2) is 12.4 Å². The highest BCUT2D eigenvalue weighted by Crippen LogP contribution is 2.03. The van der Waals surface area contributed by atoms with Crippen molar-refractivity contribution in [2.45, 2.75) is 65.5 Å². The number of rotatable bonds is 9. The van der Waals surface area contributed by atoms with Crippen molar-refractivity contribution < 1.29 is 0 Å². The van der Waals surface area contributed by atoms with Crippen LogP contribution < -0.4 is 5.32 Å². The van der Waals surface area contributed by atoms with Crippen molar-refractivity contribution in [2.75, 3.05) is 6.54 Å². The Morgan fingerprint density at radius 1 is 1.35 bits per heavy atom. The molecule has 0 aliphatic heterocycles. The second kappa shape index (κ2) is 8.29. The van der Waals surface area contributed by atoms with Crippen LogP contribution in [0.2, 0.25) is 0 Å². The third-order valence-electron chi connectivity index (χ3n) is 3.20. The van der Waals surface area contributed by atoms with Gasteiger partial charge in [-0.15, -0.1) is 0 Å².